The second-order valence-electron chi connectivity index (χ2n) is 8.36. The molecule has 12 heteroatoms. The topological polar surface area (TPSA) is 95.8 Å². The maximum Gasteiger partial charge on any atom is 0.260 e. The Morgan fingerprint density at radius 3 is 2.56 bits per heavy atom. The zero-order chi connectivity index (χ0) is 21.1. The number of hydrogen-bond acceptors (Lipinski definition) is 9. The van der Waals surface area contributed by atoms with E-state index in [4.69, 9.17) is 4.98 Å². The Labute approximate surface area is 198 Å². The Morgan fingerprint density at radius 1 is 1.16 bits per heavy atom. The van der Waals surface area contributed by atoms with Gasteiger partial charge in [0, 0.05) is 43.0 Å². The van der Waals surface area contributed by atoms with E-state index >= 15 is 0 Å². The van der Waals surface area contributed by atoms with Crippen molar-refractivity contribution in [2.75, 3.05) is 19.0 Å². The minimum atomic E-state index is -0.174. The fraction of sp³-hybridized carbons (Fsp3) is 0.450. The number of halogens is 1. The fourth-order valence-electron chi connectivity index (χ4n) is 4.82. The summed E-state index contributed by atoms with van der Waals surface area (Å²) in [5, 5.41) is 8.24. The molecule has 32 heavy (non-hydrogen) atoms. The largest absolute Gasteiger partial charge is 0.348 e. The quantitative estimate of drug-likeness (QED) is 0.469. The second kappa shape index (κ2) is 8.22. The number of rotatable bonds is 4. The van der Waals surface area contributed by atoms with Crippen LogP contribution in [0.15, 0.2) is 29.6 Å². The summed E-state index contributed by atoms with van der Waals surface area (Å²) in [4.78, 5) is 33.2. The van der Waals surface area contributed by atoms with E-state index in [0.717, 1.165) is 20.4 Å². The van der Waals surface area contributed by atoms with Crippen LogP contribution in [0.2, 0.25) is 0 Å². The number of hydrogen-bond donors (Lipinski definition) is 1. The van der Waals surface area contributed by atoms with Gasteiger partial charge in [0.15, 0.2) is 14.8 Å². The van der Waals surface area contributed by atoms with E-state index in [1.165, 1.54) is 54.0 Å². The molecule has 4 aromatic heterocycles. The maximum absolute atomic E-state index is 12.6. The Balaban J connectivity index is 0.00000216. The molecule has 2 fully saturated rings. The molecule has 0 amide bonds. The number of piperidine rings is 1. The Hall–Kier alpha value is -2.34. The van der Waals surface area contributed by atoms with Gasteiger partial charge < -0.3 is 9.80 Å². The van der Waals surface area contributed by atoms with Crippen molar-refractivity contribution >= 4 is 49.9 Å². The van der Waals surface area contributed by atoms with Gasteiger partial charge in [-0.3, -0.25) is 9.89 Å². The average Bonchev–Trinajstić information content (AvgIpc) is 3.51. The van der Waals surface area contributed by atoms with Crippen LogP contribution < -0.4 is 10.5 Å². The summed E-state index contributed by atoms with van der Waals surface area (Å²) in [5.74, 6) is 0. The number of aromatic amines is 1. The van der Waals surface area contributed by atoms with Crippen molar-refractivity contribution < 1.29 is 0 Å². The van der Waals surface area contributed by atoms with Crippen molar-refractivity contribution in [2.24, 2.45) is 0 Å². The van der Waals surface area contributed by atoms with Gasteiger partial charge in [0.1, 0.15) is 6.33 Å². The third-order valence-corrected chi connectivity index (χ3v) is 8.80. The molecule has 2 bridgehead atoms. The third-order valence-electron chi connectivity index (χ3n) is 6.69. The lowest BCUT2D eigenvalue weighted by Crippen LogP contribution is -2.47. The number of nitrogens with zero attached hydrogens (tertiary/aromatic N) is 7. The monoisotopic (exact) mass is 490 g/mol. The van der Waals surface area contributed by atoms with E-state index < -0.39 is 0 Å². The summed E-state index contributed by atoms with van der Waals surface area (Å²) in [6, 6.07) is 3.42. The van der Waals surface area contributed by atoms with Crippen LogP contribution in [-0.2, 0) is 0 Å². The van der Waals surface area contributed by atoms with Crippen molar-refractivity contribution in [1.82, 2.24) is 34.6 Å². The van der Waals surface area contributed by atoms with Crippen molar-refractivity contribution in [2.45, 2.75) is 43.8 Å². The molecule has 0 aliphatic carbocycles. The lowest BCUT2D eigenvalue weighted by Gasteiger charge is -2.40. The first-order chi connectivity index (χ1) is 15.1. The lowest BCUT2D eigenvalue weighted by molar-refractivity contribution is 0.161. The molecule has 9 nitrogen and oxygen atoms in total. The lowest BCUT2D eigenvalue weighted by atomic mass is 9.97. The molecule has 1 unspecified atom stereocenters. The average molecular weight is 491 g/mol. The predicted molar refractivity (Wildman–Crippen MR) is 130 cm³/mol. The van der Waals surface area contributed by atoms with Gasteiger partial charge in [-0.05, 0) is 32.7 Å². The molecular formula is C20H23ClN8OS2. The standard InChI is InChI=1S/C20H22N8OS2.ClH/c1-26-12-3-4-13(26)6-14(5-12)27(2)19-24-17-18(30-19)25-20(31-17)28-10-21-15(7-16(28)29)11-8-22-23-9-11;/h7-10,12-14H,3-6H2,1-2H3,(H,22,23);1H/t12-,13+,14?;. The van der Waals surface area contributed by atoms with Gasteiger partial charge in [-0.1, -0.05) is 22.7 Å². The summed E-state index contributed by atoms with van der Waals surface area (Å²) in [5.41, 5.74) is 1.19. The molecule has 2 aliphatic rings. The summed E-state index contributed by atoms with van der Waals surface area (Å²) < 4.78 is 1.47. The molecular weight excluding hydrogens is 468 g/mol. The highest BCUT2D eigenvalue weighted by Crippen LogP contribution is 2.39. The van der Waals surface area contributed by atoms with Crippen molar-refractivity contribution in [3.8, 4) is 16.4 Å². The van der Waals surface area contributed by atoms with Crippen LogP contribution in [0.1, 0.15) is 25.7 Å². The first-order valence-corrected chi connectivity index (χ1v) is 12.0. The molecule has 1 N–H and O–H groups in total. The summed E-state index contributed by atoms with van der Waals surface area (Å²) in [7, 11) is 4.42. The third kappa shape index (κ3) is 3.53. The van der Waals surface area contributed by atoms with Crippen LogP contribution in [0, 0.1) is 0 Å². The van der Waals surface area contributed by atoms with Gasteiger partial charge >= 0.3 is 0 Å². The van der Waals surface area contributed by atoms with Gasteiger partial charge in [0.05, 0.1) is 11.9 Å². The molecule has 4 aromatic rings. The number of anilines is 1. The van der Waals surface area contributed by atoms with Gasteiger partial charge in [0.2, 0.25) is 5.13 Å². The number of nitrogens with one attached hydrogen (secondary N) is 1. The summed E-state index contributed by atoms with van der Waals surface area (Å²) >= 11 is 3.02. The van der Waals surface area contributed by atoms with Crippen LogP contribution in [0.4, 0.5) is 5.13 Å². The van der Waals surface area contributed by atoms with Gasteiger partial charge in [-0.2, -0.15) is 5.10 Å². The molecule has 0 radical (unpaired) electrons. The molecule has 0 spiro atoms. The Morgan fingerprint density at radius 2 is 1.91 bits per heavy atom. The minimum Gasteiger partial charge on any atom is -0.348 e. The highest BCUT2D eigenvalue weighted by atomic mass is 35.5. The highest BCUT2D eigenvalue weighted by molar-refractivity contribution is 7.29. The summed E-state index contributed by atoms with van der Waals surface area (Å²) in [6.45, 7) is 0. The molecule has 6 rings (SSSR count). The van der Waals surface area contributed by atoms with E-state index in [1.807, 2.05) is 0 Å². The predicted octanol–water partition coefficient (Wildman–Crippen LogP) is 3.17. The van der Waals surface area contributed by atoms with Crippen LogP contribution in [0.5, 0.6) is 0 Å². The molecule has 3 atom stereocenters. The maximum atomic E-state index is 12.6. The SMILES string of the molecule is CN(c1nc2sc(-n3cnc(-c4cn[nH]c4)cc3=O)nc2s1)C1C[C@H]2CC[C@@H](C1)N2C.Cl. The van der Waals surface area contributed by atoms with E-state index in [0.29, 0.717) is 29.0 Å². The van der Waals surface area contributed by atoms with Gasteiger partial charge in [-0.25, -0.2) is 19.5 Å². The van der Waals surface area contributed by atoms with Gasteiger partial charge in [0.25, 0.3) is 5.56 Å². The number of aromatic nitrogens is 6. The Bertz CT molecular complexity index is 1250. The second-order valence-corrected chi connectivity index (χ2v) is 10.3. The van der Waals surface area contributed by atoms with Crippen LogP contribution >= 0.6 is 35.1 Å². The van der Waals surface area contributed by atoms with Crippen molar-refractivity contribution in [1.29, 1.82) is 0 Å². The van der Waals surface area contributed by atoms with Crippen LogP contribution in [0.3, 0.4) is 0 Å². The molecule has 2 aliphatic heterocycles. The van der Waals surface area contributed by atoms with E-state index in [1.54, 1.807) is 23.7 Å². The van der Waals surface area contributed by atoms with Crippen molar-refractivity contribution in [3.05, 3.63) is 35.1 Å². The zero-order valence-electron chi connectivity index (χ0n) is 17.6. The fourth-order valence-corrected chi connectivity index (χ4v) is 6.87. The number of thiazole rings is 2. The normalized spacial score (nSPS) is 22.9. The molecule has 6 heterocycles. The molecule has 168 valence electrons. The highest BCUT2D eigenvalue weighted by Gasteiger charge is 2.40. The van der Waals surface area contributed by atoms with Crippen LogP contribution in [0.25, 0.3) is 26.0 Å². The Kier molecular flexibility index (Phi) is 5.52. The van der Waals surface area contributed by atoms with Crippen molar-refractivity contribution in [3.63, 3.8) is 0 Å². The van der Waals surface area contributed by atoms with E-state index in [9.17, 15) is 4.79 Å². The van der Waals surface area contributed by atoms with E-state index in [2.05, 4.69) is 44.1 Å². The number of fused-ring (bicyclic) bond motifs is 3. The smallest absolute Gasteiger partial charge is 0.260 e. The number of H-pyrrole nitrogens is 1. The summed E-state index contributed by atoms with van der Waals surface area (Å²) in [6.07, 6.45) is 9.89. The van der Waals surface area contributed by atoms with Crippen LogP contribution in [-0.4, -0.2) is 66.8 Å². The van der Waals surface area contributed by atoms with E-state index in [-0.39, 0.29) is 18.0 Å². The van der Waals surface area contributed by atoms with Gasteiger partial charge in [-0.15, -0.1) is 12.4 Å². The minimum absolute atomic E-state index is 0. The molecule has 2 saturated heterocycles. The first kappa shape index (κ1) is 21.5. The molecule has 0 aromatic carbocycles. The zero-order valence-corrected chi connectivity index (χ0v) is 20.1. The molecule has 0 saturated carbocycles. The first-order valence-electron chi connectivity index (χ1n) is 10.4.